The Morgan fingerprint density at radius 1 is 1.41 bits per heavy atom. The van der Waals surface area contributed by atoms with E-state index in [1.54, 1.807) is 0 Å². The van der Waals surface area contributed by atoms with E-state index in [0.717, 1.165) is 11.7 Å². The molecule has 0 bridgehead atoms. The molecule has 3 nitrogen and oxygen atoms in total. The average Bonchev–Trinajstić information content (AvgIpc) is 2.30. The lowest BCUT2D eigenvalue weighted by atomic mass is 9.96. The highest BCUT2D eigenvalue weighted by atomic mass is 32.1. The summed E-state index contributed by atoms with van der Waals surface area (Å²) in [4.78, 5) is 2.12. The van der Waals surface area contributed by atoms with E-state index in [1.165, 1.54) is 32.1 Å². The Morgan fingerprint density at radius 2 is 2.06 bits per heavy atom. The van der Waals surface area contributed by atoms with E-state index in [0.29, 0.717) is 18.5 Å². The third kappa shape index (κ3) is 4.91. The molecule has 1 saturated carbocycles. The number of thiocarbonyl (C=S) groups is 1. The Hall–Kier alpha value is -0.820. The van der Waals surface area contributed by atoms with Crippen molar-refractivity contribution in [2.24, 2.45) is 0 Å². The van der Waals surface area contributed by atoms with Crippen molar-refractivity contribution in [3.63, 3.8) is 0 Å². The van der Waals surface area contributed by atoms with Crippen LogP contribution in [0.1, 0.15) is 52.4 Å². The first-order valence-corrected chi connectivity index (χ1v) is 7.00. The Labute approximate surface area is 110 Å². The molecule has 1 fully saturated rings. The zero-order valence-electron chi connectivity index (χ0n) is 10.9. The van der Waals surface area contributed by atoms with Gasteiger partial charge in [-0.2, -0.15) is 5.26 Å². The second-order valence-corrected chi connectivity index (χ2v) is 5.37. The molecule has 0 heterocycles. The van der Waals surface area contributed by atoms with Crippen LogP contribution in [0.15, 0.2) is 0 Å². The van der Waals surface area contributed by atoms with Crippen LogP contribution in [0.2, 0.25) is 0 Å². The average molecular weight is 253 g/mol. The van der Waals surface area contributed by atoms with Crippen LogP contribution in [0, 0.1) is 11.3 Å². The van der Waals surface area contributed by atoms with E-state index in [-0.39, 0.29) is 0 Å². The number of hydrogen-bond donors (Lipinski definition) is 1. The van der Waals surface area contributed by atoms with Crippen LogP contribution in [0.5, 0.6) is 0 Å². The third-order valence-corrected chi connectivity index (χ3v) is 3.63. The Morgan fingerprint density at radius 3 is 2.59 bits per heavy atom. The normalized spacial score (nSPS) is 16.6. The summed E-state index contributed by atoms with van der Waals surface area (Å²) in [5.74, 6) is 0. The summed E-state index contributed by atoms with van der Waals surface area (Å²) in [6.45, 7) is 4.96. The van der Waals surface area contributed by atoms with Crippen LogP contribution in [0.3, 0.4) is 0 Å². The van der Waals surface area contributed by atoms with E-state index in [2.05, 4.69) is 30.1 Å². The lowest BCUT2D eigenvalue weighted by Gasteiger charge is -2.32. The number of nitriles is 1. The molecule has 0 amide bonds. The van der Waals surface area contributed by atoms with E-state index in [1.807, 2.05) is 0 Å². The highest BCUT2D eigenvalue weighted by molar-refractivity contribution is 7.80. The topological polar surface area (TPSA) is 39.1 Å². The van der Waals surface area contributed by atoms with Gasteiger partial charge in [0.15, 0.2) is 5.11 Å². The van der Waals surface area contributed by atoms with Crippen LogP contribution in [-0.2, 0) is 0 Å². The van der Waals surface area contributed by atoms with Gasteiger partial charge < -0.3 is 10.2 Å². The van der Waals surface area contributed by atoms with Gasteiger partial charge in [0.25, 0.3) is 0 Å². The first-order valence-electron chi connectivity index (χ1n) is 6.59. The quantitative estimate of drug-likeness (QED) is 0.782. The number of hydrogen-bond acceptors (Lipinski definition) is 2. The standard InChI is InChI=1S/C13H23N3S/c1-11(2)16(10-6-9-14)13(17)15-12-7-4-3-5-8-12/h11-12H,3-8,10H2,1-2H3,(H,15,17). The molecular weight excluding hydrogens is 230 g/mol. The van der Waals surface area contributed by atoms with Crippen LogP contribution in [0.25, 0.3) is 0 Å². The largest absolute Gasteiger partial charge is 0.360 e. The summed E-state index contributed by atoms with van der Waals surface area (Å²) >= 11 is 5.45. The van der Waals surface area contributed by atoms with Gasteiger partial charge in [-0.1, -0.05) is 19.3 Å². The van der Waals surface area contributed by atoms with Crippen molar-refractivity contribution < 1.29 is 0 Å². The van der Waals surface area contributed by atoms with Crippen molar-refractivity contribution in [2.45, 2.75) is 64.5 Å². The fourth-order valence-electron chi connectivity index (χ4n) is 2.27. The zero-order chi connectivity index (χ0) is 12.7. The van der Waals surface area contributed by atoms with Crippen molar-refractivity contribution >= 4 is 17.3 Å². The first kappa shape index (κ1) is 14.2. The summed E-state index contributed by atoms with van der Waals surface area (Å²) in [5, 5.41) is 12.9. The summed E-state index contributed by atoms with van der Waals surface area (Å²) in [5.41, 5.74) is 0. The molecule has 0 saturated heterocycles. The molecule has 1 rings (SSSR count). The molecule has 1 N–H and O–H groups in total. The molecule has 0 aromatic heterocycles. The maximum Gasteiger partial charge on any atom is 0.169 e. The van der Waals surface area contributed by atoms with Gasteiger partial charge in [0, 0.05) is 18.6 Å². The second-order valence-electron chi connectivity index (χ2n) is 4.98. The van der Waals surface area contributed by atoms with Crippen LogP contribution in [0.4, 0.5) is 0 Å². The van der Waals surface area contributed by atoms with Gasteiger partial charge in [0.1, 0.15) is 0 Å². The van der Waals surface area contributed by atoms with Gasteiger partial charge in [0.05, 0.1) is 12.5 Å². The minimum absolute atomic E-state index is 0.354. The number of rotatable bonds is 4. The molecule has 0 radical (unpaired) electrons. The van der Waals surface area contributed by atoms with Crippen molar-refractivity contribution in [3.8, 4) is 6.07 Å². The summed E-state index contributed by atoms with van der Waals surface area (Å²) in [6, 6.07) is 3.08. The fourth-order valence-corrected chi connectivity index (χ4v) is 2.74. The van der Waals surface area contributed by atoms with Gasteiger partial charge in [-0.15, -0.1) is 0 Å². The molecule has 0 aromatic rings. The molecule has 17 heavy (non-hydrogen) atoms. The van der Waals surface area contributed by atoms with E-state index < -0.39 is 0 Å². The molecule has 0 unspecified atom stereocenters. The highest BCUT2D eigenvalue weighted by Gasteiger charge is 2.18. The maximum atomic E-state index is 8.66. The van der Waals surface area contributed by atoms with Crippen molar-refractivity contribution in [1.29, 1.82) is 5.26 Å². The second kappa shape index (κ2) is 7.50. The molecule has 0 spiro atoms. The van der Waals surface area contributed by atoms with Crippen molar-refractivity contribution in [1.82, 2.24) is 10.2 Å². The molecule has 1 aliphatic carbocycles. The van der Waals surface area contributed by atoms with Gasteiger partial charge in [0.2, 0.25) is 0 Å². The Kier molecular flexibility index (Phi) is 6.28. The van der Waals surface area contributed by atoms with Gasteiger partial charge in [-0.3, -0.25) is 0 Å². The first-order chi connectivity index (χ1) is 8.15. The highest BCUT2D eigenvalue weighted by Crippen LogP contribution is 2.17. The molecule has 4 heteroatoms. The van der Waals surface area contributed by atoms with E-state index in [9.17, 15) is 0 Å². The summed E-state index contributed by atoms with van der Waals surface area (Å²) in [7, 11) is 0. The van der Waals surface area contributed by atoms with Gasteiger partial charge in [-0.25, -0.2) is 0 Å². The monoisotopic (exact) mass is 253 g/mol. The molecule has 1 aliphatic rings. The van der Waals surface area contributed by atoms with Crippen LogP contribution >= 0.6 is 12.2 Å². The maximum absolute atomic E-state index is 8.66. The Bertz CT molecular complexity index is 277. The van der Waals surface area contributed by atoms with Gasteiger partial charge in [-0.05, 0) is 38.9 Å². The lowest BCUT2D eigenvalue weighted by molar-refractivity contribution is 0.333. The minimum Gasteiger partial charge on any atom is -0.360 e. The van der Waals surface area contributed by atoms with E-state index in [4.69, 9.17) is 17.5 Å². The van der Waals surface area contributed by atoms with Crippen LogP contribution in [-0.4, -0.2) is 28.6 Å². The van der Waals surface area contributed by atoms with Crippen molar-refractivity contribution in [3.05, 3.63) is 0 Å². The minimum atomic E-state index is 0.354. The predicted molar refractivity (Wildman–Crippen MR) is 74.7 cm³/mol. The smallest absolute Gasteiger partial charge is 0.169 e. The summed E-state index contributed by atoms with van der Waals surface area (Å²) in [6.07, 6.45) is 6.95. The number of nitrogens with zero attached hydrogens (tertiary/aromatic N) is 2. The zero-order valence-corrected chi connectivity index (χ0v) is 11.7. The molecule has 0 aromatic carbocycles. The fraction of sp³-hybridized carbons (Fsp3) is 0.846. The molecule has 0 aliphatic heterocycles. The third-order valence-electron chi connectivity index (χ3n) is 3.28. The SMILES string of the molecule is CC(C)N(CCC#N)C(=S)NC1CCCCC1. The van der Waals surface area contributed by atoms with Crippen molar-refractivity contribution in [2.75, 3.05) is 6.54 Å². The number of nitrogens with one attached hydrogen (secondary N) is 1. The Balaban J connectivity index is 2.43. The van der Waals surface area contributed by atoms with E-state index >= 15 is 0 Å². The van der Waals surface area contributed by atoms with Crippen LogP contribution < -0.4 is 5.32 Å². The van der Waals surface area contributed by atoms with Gasteiger partial charge >= 0.3 is 0 Å². The summed E-state index contributed by atoms with van der Waals surface area (Å²) < 4.78 is 0. The lowest BCUT2D eigenvalue weighted by Crippen LogP contribution is -2.48. The predicted octanol–water partition coefficient (Wildman–Crippen LogP) is 2.82. The molecular formula is C13H23N3S. The molecule has 0 atom stereocenters. The molecule has 96 valence electrons.